The van der Waals surface area contributed by atoms with Crippen LogP contribution < -0.4 is 0 Å². The second-order valence-electron chi connectivity index (χ2n) is 2.63. The molecule has 0 fully saturated rings. The fourth-order valence-electron chi connectivity index (χ4n) is 0.996. The van der Waals surface area contributed by atoms with Crippen LogP contribution in [0.2, 0.25) is 0 Å². The second-order valence-corrected chi connectivity index (χ2v) is 2.63. The molecule has 0 unspecified atom stereocenters. The number of nitriles is 1. The Hall–Kier alpha value is -1.76. The highest BCUT2D eigenvalue weighted by atomic mass is 19.4. The van der Waals surface area contributed by atoms with Gasteiger partial charge in [0, 0.05) is 5.56 Å². The Kier molecular flexibility index (Phi) is 2.61. The van der Waals surface area contributed by atoms with Crippen molar-refractivity contribution in [2.45, 2.75) is 6.18 Å². The molecule has 4 heteroatoms. The fraction of sp³-hybridized carbons (Fsp3) is 0.100. The first-order valence-electron chi connectivity index (χ1n) is 3.72. The van der Waals surface area contributed by atoms with Crippen LogP contribution in [0.3, 0.4) is 0 Å². The third-order valence-electron chi connectivity index (χ3n) is 1.71. The minimum atomic E-state index is -4.49. The van der Waals surface area contributed by atoms with Gasteiger partial charge in [-0.1, -0.05) is 24.8 Å². The molecule has 0 aromatic heterocycles. The van der Waals surface area contributed by atoms with Crippen molar-refractivity contribution in [2.24, 2.45) is 0 Å². The predicted molar refractivity (Wildman–Crippen MR) is 46.2 cm³/mol. The quantitative estimate of drug-likeness (QED) is 0.678. The summed E-state index contributed by atoms with van der Waals surface area (Å²) >= 11 is 0. The maximum Gasteiger partial charge on any atom is 0.416 e. The average Bonchev–Trinajstić information content (AvgIpc) is 2.15. The van der Waals surface area contributed by atoms with Crippen LogP contribution in [0, 0.1) is 11.3 Å². The van der Waals surface area contributed by atoms with Crippen LogP contribution in [-0.4, -0.2) is 6.18 Å². The first-order chi connectivity index (χ1) is 6.46. The number of halogens is 3. The lowest BCUT2D eigenvalue weighted by Crippen LogP contribution is -2.10. The van der Waals surface area contributed by atoms with Gasteiger partial charge in [-0.05, 0) is 6.07 Å². The average molecular weight is 197 g/mol. The lowest BCUT2D eigenvalue weighted by atomic mass is 10.0. The Morgan fingerprint density at radius 2 is 1.86 bits per heavy atom. The van der Waals surface area contributed by atoms with Gasteiger partial charge in [-0.25, -0.2) is 0 Å². The normalized spacial score (nSPS) is 10.7. The van der Waals surface area contributed by atoms with Crippen molar-refractivity contribution in [3.05, 3.63) is 42.0 Å². The van der Waals surface area contributed by atoms with E-state index in [2.05, 4.69) is 6.58 Å². The first-order valence-corrected chi connectivity index (χ1v) is 3.72. The molecule has 72 valence electrons. The lowest BCUT2D eigenvalue weighted by Gasteiger charge is -2.10. The van der Waals surface area contributed by atoms with Crippen molar-refractivity contribution in [1.82, 2.24) is 0 Å². The molecule has 0 atom stereocenters. The number of allylic oxidation sites excluding steroid dienone is 1. The zero-order valence-electron chi connectivity index (χ0n) is 7.10. The summed E-state index contributed by atoms with van der Waals surface area (Å²) in [5.41, 5.74) is -1.17. The van der Waals surface area contributed by atoms with Crippen molar-refractivity contribution >= 4 is 5.57 Å². The summed E-state index contributed by atoms with van der Waals surface area (Å²) < 4.78 is 36.7. The number of alkyl halides is 3. The van der Waals surface area contributed by atoms with E-state index in [0.717, 1.165) is 0 Å². The van der Waals surface area contributed by atoms with Gasteiger partial charge in [0.25, 0.3) is 0 Å². The van der Waals surface area contributed by atoms with E-state index < -0.39 is 11.7 Å². The molecule has 0 amide bonds. The van der Waals surface area contributed by atoms with Crippen LogP contribution >= 0.6 is 0 Å². The molecule has 1 nitrogen and oxygen atoms in total. The Bertz CT molecular complexity index is 399. The van der Waals surface area contributed by atoms with Crippen molar-refractivity contribution in [1.29, 1.82) is 5.26 Å². The van der Waals surface area contributed by atoms with E-state index in [4.69, 9.17) is 5.26 Å². The van der Waals surface area contributed by atoms with Crippen molar-refractivity contribution in [2.75, 3.05) is 0 Å². The van der Waals surface area contributed by atoms with E-state index in [1.165, 1.54) is 24.3 Å². The molecule has 0 spiro atoms. The number of nitrogens with zero attached hydrogens (tertiary/aromatic N) is 1. The largest absolute Gasteiger partial charge is 0.416 e. The minimum absolute atomic E-state index is 0.0187. The van der Waals surface area contributed by atoms with Crippen LogP contribution in [0.4, 0.5) is 13.2 Å². The smallest absolute Gasteiger partial charge is 0.192 e. The Balaban J connectivity index is 3.22. The summed E-state index contributed by atoms with van der Waals surface area (Å²) in [6, 6.07) is 7.19. The summed E-state index contributed by atoms with van der Waals surface area (Å²) in [7, 11) is 0. The predicted octanol–water partition coefficient (Wildman–Crippen LogP) is 3.13. The highest BCUT2D eigenvalue weighted by molar-refractivity contribution is 5.72. The first kappa shape index (κ1) is 10.3. The molecule has 0 aliphatic heterocycles. The summed E-state index contributed by atoms with van der Waals surface area (Å²) in [6.45, 7) is 2.93. The van der Waals surface area contributed by atoms with Crippen molar-refractivity contribution in [3.63, 3.8) is 0 Å². The van der Waals surface area contributed by atoms with Crippen molar-refractivity contribution < 1.29 is 13.2 Å². The van der Waals surface area contributed by atoms with Gasteiger partial charge in [0.05, 0.1) is 17.2 Å². The maximum absolute atomic E-state index is 12.2. The highest BCUT2D eigenvalue weighted by Gasteiger charge is 2.33. The van der Waals surface area contributed by atoms with Gasteiger partial charge in [-0.2, -0.15) is 18.4 Å². The zero-order valence-corrected chi connectivity index (χ0v) is 7.10. The van der Waals surface area contributed by atoms with E-state index in [-0.39, 0.29) is 11.1 Å². The summed E-state index contributed by atoms with van der Waals surface area (Å²) in [5, 5.41) is 8.57. The molecule has 1 aromatic rings. The van der Waals surface area contributed by atoms with Crippen LogP contribution in [-0.2, 0) is 0 Å². The zero-order chi connectivity index (χ0) is 10.8. The van der Waals surface area contributed by atoms with Gasteiger partial charge in [0.15, 0.2) is 0 Å². The molecule has 1 aromatic carbocycles. The molecule has 0 aliphatic rings. The second kappa shape index (κ2) is 3.54. The van der Waals surface area contributed by atoms with Crippen molar-refractivity contribution in [3.8, 4) is 6.07 Å². The number of benzene rings is 1. The minimum Gasteiger partial charge on any atom is -0.192 e. The number of rotatable bonds is 1. The molecule has 1 rings (SSSR count). The van der Waals surface area contributed by atoms with Gasteiger partial charge in [-0.15, -0.1) is 0 Å². The fourth-order valence-corrected chi connectivity index (χ4v) is 0.996. The molecule has 0 heterocycles. The van der Waals surface area contributed by atoms with Gasteiger partial charge in [-0.3, -0.25) is 0 Å². The molecule has 0 saturated carbocycles. The van der Waals surface area contributed by atoms with Crippen LogP contribution in [0.25, 0.3) is 5.57 Å². The molecule has 0 saturated heterocycles. The van der Waals surface area contributed by atoms with Crippen LogP contribution in [0.1, 0.15) is 11.1 Å². The molecular formula is C10H6F3N. The number of hydrogen-bond acceptors (Lipinski definition) is 1. The van der Waals surface area contributed by atoms with E-state index in [1.807, 2.05) is 0 Å². The van der Waals surface area contributed by atoms with E-state index in [1.54, 1.807) is 6.07 Å². The van der Waals surface area contributed by atoms with E-state index in [0.29, 0.717) is 0 Å². The molecule has 0 radical (unpaired) electrons. The summed E-state index contributed by atoms with van der Waals surface area (Å²) in [4.78, 5) is 0. The van der Waals surface area contributed by atoms with E-state index in [9.17, 15) is 13.2 Å². The topological polar surface area (TPSA) is 23.8 Å². The monoisotopic (exact) mass is 197 g/mol. The molecule has 14 heavy (non-hydrogen) atoms. The third-order valence-corrected chi connectivity index (χ3v) is 1.71. The number of hydrogen-bond donors (Lipinski definition) is 0. The van der Waals surface area contributed by atoms with Crippen LogP contribution in [0.15, 0.2) is 30.8 Å². The van der Waals surface area contributed by atoms with Gasteiger partial charge < -0.3 is 0 Å². The van der Waals surface area contributed by atoms with Gasteiger partial charge in [0.1, 0.15) is 0 Å². The Morgan fingerprint density at radius 1 is 1.29 bits per heavy atom. The van der Waals surface area contributed by atoms with Gasteiger partial charge in [0.2, 0.25) is 0 Å². The highest BCUT2D eigenvalue weighted by Crippen LogP contribution is 2.33. The van der Waals surface area contributed by atoms with E-state index >= 15 is 0 Å². The lowest BCUT2D eigenvalue weighted by molar-refractivity contribution is -0.0686. The Labute approximate surface area is 79.1 Å². The SMILES string of the molecule is C=C(c1ccccc1C#N)C(F)(F)F. The summed E-state index contributed by atoms with van der Waals surface area (Å²) in [6.07, 6.45) is -4.49. The van der Waals surface area contributed by atoms with Crippen LogP contribution in [0.5, 0.6) is 0 Å². The molecule has 0 aliphatic carbocycles. The maximum atomic E-state index is 12.2. The third kappa shape index (κ3) is 1.94. The summed E-state index contributed by atoms with van der Waals surface area (Å²) in [5.74, 6) is 0. The van der Waals surface area contributed by atoms with Gasteiger partial charge >= 0.3 is 6.18 Å². The Morgan fingerprint density at radius 3 is 2.36 bits per heavy atom. The molecular weight excluding hydrogens is 191 g/mol. The molecule has 0 bridgehead atoms. The standard InChI is InChI=1S/C10H6F3N/c1-7(10(11,12)13)9-5-3-2-4-8(9)6-14/h2-5H,1H2. The molecule has 0 N–H and O–H groups in total.